The summed E-state index contributed by atoms with van der Waals surface area (Å²) < 4.78 is 5.62. The molecule has 1 unspecified atom stereocenters. The standard InChI is InChI=1S/C13H19NO/c1-2-15-13-8-4-3-6-11(13)10-12-7-5-9-14-12/h3-4,6,8,12,14H,2,5,7,9-10H2,1H3. The first-order valence-corrected chi connectivity index (χ1v) is 5.84. The van der Waals surface area contributed by atoms with Gasteiger partial charge in [-0.25, -0.2) is 0 Å². The number of ether oxygens (including phenoxy) is 1. The van der Waals surface area contributed by atoms with Crippen LogP contribution in [-0.4, -0.2) is 19.2 Å². The second-order valence-corrected chi connectivity index (χ2v) is 4.04. The maximum absolute atomic E-state index is 5.62. The monoisotopic (exact) mass is 205 g/mol. The van der Waals surface area contributed by atoms with E-state index in [0.717, 1.165) is 18.8 Å². The first kappa shape index (κ1) is 10.5. The summed E-state index contributed by atoms with van der Waals surface area (Å²) in [5.41, 5.74) is 1.33. The van der Waals surface area contributed by atoms with Crippen LogP contribution in [0.5, 0.6) is 5.75 Å². The minimum atomic E-state index is 0.645. The number of benzene rings is 1. The fraction of sp³-hybridized carbons (Fsp3) is 0.538. The van der Waals surface area contributed by atoms with Gasteiger partial charge in [-0.05, 0) is 44.4 Å². The summed E-state index contributed by atoms with van der Waals surface area (Å²) in [5.74, 6) is 1.05. The van der Waals surface area contributed by atoms with Gasteiger partial charge < -0.3 is 10.1 Å². The van der Waals surface area contributed by atoms with Gasteiger partial charge in [0.25, 0.3) is 0 Å². The van der Waals surface area contributed by atoms with E-state index in [-0.39, 0.29) is 0 Å². The van der Waals surface area contributed by atoms with Gasteiger partial charge in [-0.3, -0.25) is 0 Å². The molecule has 1 aromatic rings. The lowest BCUT2D eigenvalue weighted by Crippen LogP contribution is -2.23. The van der Waals surface area contributed by atoms with Crippen molar-refractivity contribution in [3.05, 3.63) is 29.8 Å². The van der Waals surface area contributed by atoms with Crippen molar-refractivity contribution in [2.45, 2.75) is 32.2 Å². The molecular formula is C13H19NO. The Labute approximate surface area is 91.6 Å². The van der Waals surface area contributed by atoms with Crippen molar-refractivity contribution in [1.82, 2.24) is 5.32 Å². The second-order valence-electron chi connectivity index (χ2n) is 4.04. The topological polar surface area (TPSA) is 21.3 Å². The maximum atomic E-state index is 5.62. The van der Waals surface area contributed by atoms with Crippen molar-refractivity contribution in [3.63, 3.8) is 0 Å². The second kappa shape index (κ2) is 5.17. The molecule has 1 fully saturated rings. The molecule has 0 aromatic heterocycles. The van der Waals surface area contributed by atoms with Gasteiger partial charge in [-0.2, -0.15) is 0 Å². The smallest absolute Gasteiger partial charge is 0.122 e. The Morgan fingerprint density at radius 3 is 3.00 bits per heavy atom. The first-order chi connectivity index (χ1) is 7.40. The zero-order valence-corrected chi connectivity index (χ0v) is 9.33. The molecule has 0 spiro atoms. The van der Waals surface area contributed by atoms with E-state index < -0.39 is 0 Å². The van der Waals surface area contributed by atoms with Crippen molar-refractivity contribution >= 4 is 0 Å². The van der Waals surface area contributed by atoms with Crippen molar-refractivity contribution < 1.29 is 4.74 Å². The fourth-order valence-electron chi connectivity index (χ4n) is 2.17. The van der Waals surface area contributed by atoms with Crippen LogP contribution < -0.4 is 10.1 Å². The van der Waals surface area contributed by atoms with Crippen molar-refractivity contribution in [1.29, 1.82) is 0 Å². The van der Waals surface area contributed by atoms with E-state index >= 15 is 0 Å². The molecule has 2 nitrogen and oxygen atoms in total. The van der Waals surface area contributed by atoms with Crippen molar-refractivity contribution in [3.8, 4) is 5.75 Å². The van der Waals surface area contributed by atoms with Crippen LogP contribution in [-0.2, 0) is 6.42 Å². The third-order valence-electron chi connectivity index (χ3n) is 2.90. The highest BCUT2D eigenvalue weighted by atomic mass is 16.5. The molecule has 0 amide bonds. The highest BCUT2D eigenvalue weighted by molar-refractivity contribution is 5.34. The third kappa shape index (κ3) is 2.72. The molecular weight excluding hydrogens is 186 g/mol. The van der Waals surface area contributed by atoms with Gasteiger partial charge in [0.15, 0.2) is 0 Å². The van der Waals surface area contributed by atoms with Gasteiger partial charge in [-0.1, -0.05) is 18.2 Å². The van der Waals surface area contributed by atoms with E-state index in [0.29, 0.717) is 6.04 Å². The molecule has 1 aromatic carbocycles. The predicted octanol–water partition coefficient (Wildman–Crippen LogP) is 2.38. The van der Waals surface area contributed by atoms with Crippen molar-refractivity contribution in [2.75, 3.05) is 13.2 Å². The molecule has 2 rings (SSSR count). The molecule has 0 bridgehead atoms. The Balaban J connectivity index is 2.05. The largest absolute Gasteiger partial charge is 0.494 e. The quantitative estimate of drug-likeness (QED) is 0.815. The van der Waals surface area contributed by atoms with Crippen LogP contribution in [0.25, 0.3) is 0 Å². The number of hydrogen-bond donors (Lipinski definition) is 1. The van der Waals surface area contributed by atoms with Gasteiger partial charge in [0, 0.05) is 6.04 Å². The number of hydrogen-bond acceptors (Lipinski definition) is 2. The summed E-state index contributed by atoms with van der Waals surface area (Å²) in [6.07, 6.45) is 3.69. The molecule has 0 saturated carbocycles. The van der Waals surface area contributed by atoms with Crippen LogP contribution >= 0.6 is 0 Å². The average molecular weight is 205 g/mol. The van der Waals surface area contributed by atoms with E-state index in [1.807, 2.05) is 13.0 Å². The SMILES string of the molecule is CCOc1ccccc1CC1CCCN1. The Morgan fingerprint density at radius 2 is 2.27 bits per heavy atom. The predicted molar refractivity (Wildman–Crippen MR) is 62.3 cm³/mol. The number of nitrogens with one attached hydrogen (secondary N) is 1. The molecule has 82 valence electrons. The van der Waals surface area contributed by atoms with Crippen molar-refractivity contribution in [2.24, 2.45) is 0 Å². The molecule has 2 heteroatoms. The summed E-state index contributed by atoms with van der Waals surface area (Å²) in [6, 6.07) is 9.01. The molecule has 0 aliphatic carbocycles. The van der Waals surface area contributed by atoms with Crippen LogP contribution in [0.2, 0.25) is 0 Å². The number of para-hydroxylation sites is 1. The fourth-order valence-corrected chi connectivity index (χ4v) is 2.17. The zero-order chi connectivity index (χ0) is 10.5. The lowest BCUT2D eigenvalue weighted by atomic mass is 10.0. The normalized spacial score (nSPS) is 20.5. The van der Waals surface area contributed by atoms with Gasteiger partial charge in [0.05, 0.1) is 6.61 Å². The summed E-state index contributed by atoms with van der Waals surface area (Å²) in [6.45, 7) is 3.95. The van der Waals surface area contributed by atoms with E-state index in [2.05, 4.69) is 23.5 Å². The molecule has 1 aliphatic heterocycles. The molecule has 1 heterocycles. The van der Waals surface area contributed by atoms with E-state index in [1.54, 1.807) is 0 Å². The molecule has 1 atom stereocenters. The first-order valence-electron chi connectivity index (χ1n) is 5.84. The van der Waals surface area contributed by atoms with Gasteiger partial charge in [0.2, 0.25) is 0 Å². The van der Waals surface area contributed by atoms with E-state index in [1.165, 1.54) is 24.9 Å². The Kier molecular flexibility index (Phi) is 3.62. The maximum Gasteiger partial charge on any atom is 0.122 e. The van der Waals surface area contributed by atoms with Crippen LogP contribution in [0.15, 0.2) is 24.3 Å². The summed E-state index contributed by atoms with van der Waals surface area (Å²) in [7, 11) is 0. The lowest BCUT2D eigenvalue weighted by Gasteiger charge is -2.14. The molecule has 15 heavy (non-hydrogen) atoms. The van der Waals surface area contributed by atoms with Gasteiger partial charge >= 0.3 is 0 Å². The summed E-state index contributed by atoms with van der Waals surface area (Å²) >= 11 is 0. The molecule has 1 N–H and O–H groups in total. The van der Waals surface area contributed by atoms with Gasteiger partial charge in [-0.15, -0.1) is 0 Å². The highest BCUT2D eigenvalue weighted by Crippen LogP contribution is 2.21. The van der Waals surface area contributed by atoms with Crippen LogP contribution in [0.3, 0.4) is 0 Å². The minimum Gasteiger partial charge on any atom is -0.494 e. The van der Waals surface area contributed by atoms with E-state index in [4.69, 9.17) is 4.74 Å². The number of rotatable bonds is 4. The molecule has 1 aliphatic rings. The Bertz CT molecular complexity index is 305. The van der Waals surface area contributed by atoms with Crippen LogP contribution in [0, 0.1) is 0 Å². The highest BCUT2D eigenvalue weighted by Gasteiger charge is 2.16. The molecule has 0 radical (unpaired) electrons. The lowest BCUT2D eigenvalue weighted by molar-refractivity contribution is 0.335. The summed E-state index contributed by atoms with van der Waals surface area (Å²) in [5, 5.41) is 3.52. The van der Waals surface area contributed by atoms with Crippen LogP contribution in [0.1, 0.15) is 25.3 Å². The minimum absolute atomic E-state index is 0.645. The zero-order valence-electron chi connectivity index (χ0n) is 9.33. The molecule has 1 saturated heterocycles. The summed E-state index contributed by atoms with van der Waals surface area (Å²) in [4.78, 5) is 0. The van der Waals surface area contributed by atoms with E-state index in [9.17, 15) is 0 Å². The van der Waals surface area contributed by atoms with Gasteiger partial charge in [0.1, 0.15) is 5.75 Å². The Hall–Kier alpha value is -1.02. The van der Waals surface area contributed by atoms with Crippen LogP contribution in [0.4, 0.5) is 0 Å². The average Bonchev–Trinajstić information content (AvgIpc) is 2.74. The Morgan fingerprint density at radius 1 is 1.40 bits per heavy atom. The third-order valence-corrected chi connectivity index (χ3v) is 2.90.